The van der Waals surface area contributed by atoms with Crippen LogP contribution >= 0.6 is 0 Å². The number of carbonyl (C=O) groups is 2. The van der Waals surface area contributed by atoms with Gasteiger partial charge < -0.3 is 15.8 Å². The topological polar surface area (TPSA) is 97.5 Å². The second-order valence-corrected chi connectivity index (χ2v) is 9.49. The molecule has 0 unspecified atom stereocenters. The van der Waals surface area contributed by atoms with Crippen molar-refractivity contribution < 1.29 is 14.3 Å². The number of morpholine rings is 1. The number of nitrogen functional groups attached to an aromatic ring is 1. The number of pyridine rings is 1. The van der Waals surface area contributed by atoms with Crippen molar-refractivity contribution in [3.8, 4) is 11.3 Å². The van der Waals surface area contributed by atoms with Crippen molar-refractivity contribution in [1.82, 2.24) is 9.88 Å². The Morgan fingerprint density at radius 1 is 0.892 bits per heavy atom. The third kappa shape index (κ3) is 8.23. The molecule has 7 heteroatoms. The second-order valence-electron chi connectivity index (χ2n) is 9.49. The van der Waals surface area contributed by atoms with Crippen LogP contribution in [0.1, 0.15) is 54.4 Å². The number of unbranched alkanes of at least 4 members (excludes halogenated alkanes) is 3. The molecule has 0 radical (unpaired) electrons. The number of aromatic nitrogens is 1. The Hall–Kier alpha value is -3.55. The summed E-state index contributed by atoms with van der Waals surface area (Å²) < 4.78 is 5.41. The molecule has 1 fully saturated rings. The molecule has 1 saturated heterocycles. The maximum Gasteiger partial charge on any atom is 0.224 e. The highest BCUT2D eigenvalue weighted by atomic mass is 16.5. The van der Waals surface area contributed by atoms with E-state index in [1.165, 1.54) is 5.56 Å². The summed E-state index contributed by atoms with van der Waals surface area (Å²) in [6, 6.07) is 19.5. The zero-order chi connectivity index (χ0) is 25.9. The molecule has 37 heavy (non-hydrogen) atoms. The van der Waals surface area contributed by atoms with Crippen LogP contribution in [0.3, 0.4) is 0 Å². The van der Waals surface area contributed by atoms with Crippen LogP contribution in [0, 0.1) is 0 Å². The molecule has 1 aliphatic heterocycles. The number of benzene rings is 2. The lowest BCUT2D eigenvalue weighted by Gasteiger charge is -2.26. The lowest BCUT2D eigenvalue weighted by molar-refractivity contribution is -0.116. The fourth-order valence-electron chi connectivity index (χ4n) is 4.42. The maximum atomic E-state index is 12.6. The standard InChI is InChI=1S/C30H36N4O3/c31-26-7-5-6-8-28(26)33-30(36)10-4-2-1-3-9-29(35)25-15-16-27(32-21-25)24-13-11-23(12-14-24)22-34-17-19-37-20-18-34/h5-8,11-16,21H,1-4,9-10,17-20,22,31H2,(H,33,36). The summed E-state index contributed by atoms with van der Waals surface area (Å²) in [5, 5.41) is 2.85. The number of nitrogens with one attached hydrogen (secondary N) is 1. The third-order valence-electron chi connectivity index (χ3n) is 6.64. The number of ketones is 1. The molecule has 2 heterocycles. The van der Waals surface area contributed by atoms with E-state index in [1.54, 1.807) is 18.3 Å². The average Bonchev–Trinajstić information content (AvgIpc) is 2.93. The van der Waals surface area contributed by atoms with Gasteiger partial charge in [0.15, 0.2) is 5.78 Å². The first-order valence-corrected chi connectivity index (χ1v) is 13.1. The Kier molecular flexibility index (Phi) is 9.80. The highest BCUT2D eigenvalue weighted by Crippen LogP contribution is 2.20. The van der Waals surface area contributed by atoms with E-state index in [2.05, 4.69) is 39.5 Å². The van der Waals surface area contributed by atoms with Gasteiger partial charge in [0.1, 0.15) is 0 Å². The lowest BCUT2D eigenvalue weighted by Crippen LogP contribution is -2.35. The maximum absolute atomic E-state index is 12.6. The molecule has 0 spiro atoms. The van der Waals surface area contributed by atoms with Crippen LogP contribution in [0.4, 0.5) is 11.4 Å². The number of rotatable bonds is 12. The van der Waals surface area contributed by atoms with E-state index in [-0.39, 0.29) is 11.7 Å². The van der Waals surface area contributed by atoms with Gasteiger partial charge in [-0.3, -0.25) is 19.5 Å². The average molecular weight is 501 g/mol. The molecular formula is C30H36N4O3. The van der Waals surface area contributed by atoms with Gasteiger partial charge in [0.2, 0.25) is 5.91 Å². The molecule has 3 N–H and O–H groups in total. The van der Waals surface area contributed by atoms with Gasteiger partial charge in [0, 0.05) is 49.8 Å². The van der Waals surface area contributed by atoms with Crippen LogP contribution in [0.15, 0.2) is 66.9 Å². The zero-order valence-electron chi connectivity index (χ0n) is 21.3. The van der Waals surface area contributed by atoms with Crippen molar-refractivity contribution >= 4 is 23.1 Å². The molecule has 1 amide bonds. The smallest absolute Gasteiger partial charge is 0.224 e. The number of amides is 1. The van der Waals surface area contributed by atoms with Crippen molar-refractivity contribution in [2.75, 3.05) is 37.4 Å². The Morgan fingerprint density at radius 2 is 1.62 bits per heavy atom. The molecule has 2 aromatic carbocycles. The molecular weight excluding hydrogens is 464 g/mol. The van der Waals surface area contributed by atoms with E-state index in [1.807, 2.05) is 24.3 Å². The van der Waals surface area contributed by atoms with E-state index >= 15 is 0 Å². The summed E-state index contributed by atoms with van der Waals surface area (Å²) in [4.78, 5) is 31.6. The number of hydrogen-bond donors (Lipinski definition) is 2. The van der Waals surface area contributed by atoms with Gasteiger partial charge in [0.25, 0.3) is 0 Å². The van der Waals surface area contributed by atoms with Gasteiger partial charge in [0.05, 0.1) is 30.3 Å². The second kappa shape index (κ2) is 13.7. The quantitative estimate of drug-likeness (QED) is 0.198. The first kappa shape index (κ1) is 26.5. The van der Waals surface area contributed by atoms with Crippen LogP contribution in [0.2, 0.25) is 0 Å². The van der Waals surface area contributed by atoms with E-state index < -0.39 is 0 Å². The minimum Gasteiger partial charge on any atom is -0.397 e. The lowest BCUT2D eigenvalue weighted by atomic mass is 10.0. The molecule has 0 atom stereocenters. The van der Waals surface area contributed by atoms with Crippen LogP contribution in [0.5, 0.6) is 0 Å². The van der Waals surface area contributed by atoms with E-state index in [4.69, 9.17) is 10.5 Å². The third-order valence-corrected chi connectivity index (χ3v) is 6.64. The Labute approximate surface area is 219 Å². The highest BCUT2D eigenvalue weighted by molar-refractivity contribution is 5.96. The number of para-hydroxylation sites is 2. The number of anilines is 2. The molecule has 194 valence electrons. The molecule has 1 aliphatic rings. The van der Waals surface area contributed by atoms with Gasteiger partial charge in [-0.15, -0.1) is 0 Å². The van der Waals surface area contributed by atoms with E-state index in [9.17, 15) is 9.59 Å². The van der Waals surface area contributed by atoms with Crippen LogP contribution in [-0.2, 0) is 16.1 Å². The van der Waals surface area contributed by atoms with Crippen LogP contribution in [-0.4, -0.2) is 47.9 Å². The Morgan fingerprint density at radius 3 is 2.32 bits per heavy atom. The first-order valence-electron chi connectivity index (χ1n) is 13.1. The molecule has 0 bridgehead atoms. The van der Waals surface area contributed by atoms with Gasteiger partial charge >= 0.3 is 0 Å². The van der Waals surface area contributed by atoms with Crippen molar-refractivity contribution in [1.29, 1.82) is 0 Å². The molecule has 0 aliphatic carbocycles. The SMILES string of the molecule is Nc1ccccc1NC(=O)CCCCCCC(=O)c1ccc(-c2ccc(CN3CCOCC3)cc2)nc1. The molecule has 1 aromatic heterocycles. The predicted molar refractivity (Wildman–Crippen MR) is 147 cm³/mol. The fourth-order valence-corrected chi connectivity index (χ4v) is 4.42. The summed E-state index contributed by atoms with van der Waals surface area (Å²) in [5.74, 6) is 0.0732. The van der Waals surface area contributed by atoms with Crippen LogP contribution < -0.4 is 11.1 Å². The number of Topliss-reactive ketones (excluding diaryl/α,β-unsaturated/α-hetero) is 1. The first-order chi connectivity index (χ1) is 18.1. The van der Waals surface area contributed by atoms with Gasteiger partial charge in [-0.2, -0.15) is 0 Å². The zero-order valence-corrected chi connectivity index (χ0v) is 21.3. The number of hydrogen-bond acceptors (Lipinski definition) is 6. The normalized spacial score (nSPS) is 13.8. The minimum absolute atomic E-state index is 0.0353. The summed E-state index contributed by atoms with van der Waals surface area (Å²) >= 11 is 0. The van der Waals surface area contributed by atoms with Crippen LogP contribution in [0.25, 0.3) is 11.3 Å². The molecule has 4 rings (SSSR count). The van der Waals surface area contributed by atoms with Gasteiger partial charge in [-0.25, -0.2) is 0 Å². The summed E-state index contributed by atoms with van der Waals surface area (Å²) in [7, 11) is 0. The van der Waals surface area contributed by atoms with Crippen molar-refractivity contribution in [2.45, 2.75) is 45.1 Å². The molecule has 3 aromatic rings. The van der Waals surface area contributed by atoms with Crippen molar-refractivity contribution in [3.05, 3.63) is 78.0 Å². The monoisotopic (exact) mass is 500 g/mol. The van der Waals surface area contributed by atoms with Gasteiger partial charge in [-0.1, -0.05) is 49.2 Å². The summed E-state index contributed by atoms with van der Waals surface area (Å²) in [6.45, 7) is 4.48. The predicted octanol–water partition coefficient (Wildman–Crippen LogP) is 5.33. The number of carbonyl (C=O) groups excluding carboxylic acids is 2. The Balaban J connectivity index is 1.14. The molecule has 0 saturated carbocycles. The molecule has 7 nitrogen and oxygen atoms in total. The summed E-state index contributed by atoms with van der Waals surface area (Å²) in [6.07, 6.45) is 6.02. The minimum atomic E-state index is -0.0353. The number of nitrogens with zero attached hydrogens (tertiary/aromatic N) is 2. The van der Waals surface area contributed by atoms with Crippen molar-refractivity contribution in [2.24, 2.45) is 0 Å². The van der Waals surface area contributed by atoms with Crippen molar-refractivity contribution in [3.63, 3.8) is 0 Å². The number of nitrogens with two attached hydrogens (primary N) is 1. The number of ether oxygens (including phenoxy) is 1. The van der Waals surface area contributed by atoms with E-state index in [0.717, 1.165) is 69.8 Å². The Bertz CT molecular complexity index is 1160. The highest BCUT2D eigenvalue weighted by Gasteiger charge is 2.11. The summed E-state index contributed by atoms with van der Waals surface area (Å²) in [5.41, 5.74) is 10.9. The fraction of sp³-hybridized carbons (Fsp3) is 0.367. The largest absolute Gasteiger partial charge is 0.397 e. The van der Waals surface area contributed by atoms with Gasteiger partial charge in [-0.05, 0) is 42.7 Å². The van der Waals surface area contributed by atoms with E-state index in [0.29, 0.717) is 29.8 Å².